The van der Waals surface area contributed by atoms with Crippen LogP contribution in [0.4, 0.5) is 11.4 Å². The van der Waals surface area contributed by atoms with Crippen LogP contribution in [0.5, 0.6) is 0 Å². The summed E-state index contributed by atoms with van der Waals surface area (Å²) in [6, 6.07) is 5.23. The molecular weight excluding hydrogens is 216 g/mol. The second-order valence-corrected chi connectivity index (χ2v) is 4.88. The van der Waals surface area contributed by atoms with Crippen LogP contribution >= 0.6 is 0 Å². The Morgan fingerprint density at radius 2 is 1.93 bits per heavy atom. The van der Waals surface area contributed by atoms with Gasteiger partial charge in [0.05, 0.1) is 17.1 Å². The fraction of sp³-hybridized carbons (Fsp3) is 0.333. The molecule has 15 heavy (non-hydrogen) atoms. The summed E-state index contributed by atoms with van der Waals surface area (Å²) < 4.78 is 29.5. The molecule has 0 unspecified atom stereocenters. The maximum atomic E-state index is 10.5. The van der Waals surface area contributed by atoms with E-state index in [1.165, 1.54) is 0 Å². The molecule has 0 bridgehead atoms. The Balaban J connectivity index is 2.62. The monoisotopic (exact) mass is 230 g/mol. The Kier molecular flexibility index (Phi) is 3.54. The Bertz CT molecular complexity index is 443. The second kappa shape index (κ2) is 4.50. The molecule has 0 spiro atoms. The van der Waals surface area contributed by atoms with Crippen molar-refractivity contribution in [2.45, 2.75) is 12.8 Å². The molecule has 1 aromatic rings. The Hall–Kier alpha value is -1.27. The van der Waals surface area contributed by atoms with Crippen LogP contribution in [0.2, 0.25) is 0 Å². The van der Waals surface area contributed by atoms with Gasteiger partial charge in [-0.1, -0.05) is 12.1 Å². The van der Waals surface area contributed by atoms with Crippen molar-refractivity contribution in [2.24, 2.45) is 0 Å². The fourth-order valence-electron chi connectivity index (χ4n) is 1.30. The number of nitrogens with two attached hydrogens (primary N) is 2. The molecule has 1 aromatic carbocycles. The van der Waals surface area contributed by atoms with E-state index in [4.69, 9.17) is 16.0 Å². The number of benzene rings is 1. The first kappa shape index (κ1) is 11.8. The number of hydrogen-bond acceptors (Lipinski definition) is 4. The zero-order valence-electron chi connectivity index (χ0n) is 8.18. The lowest BCUT2D eigenvalue weighted by Crippen LogP contribution is -2.06. The SMILES string of the molecule is Nc1cccc(CCCS(=O)(=O)O)c1N. The van der Waals surface area contributed by atoms with Crippen molar-refractivity contribution >= 4 is 21.5 Å². The predicted molar refractivity (Wildman–Crippen MR) is 60.0 cm³/mol. The summed E-state index contributed by atoms with van der Waals surface area (Å²) >= 11 is 0. The van der Waals surface area contributed by atoms with Gasteiger partial charge in [-0.3, -0.25) is 4.55 Å². The summed E-state index contributed by atoms with van der Waals surface area (Å²) in [5, 5.41) is 0. The molecule has 0 amide bonds. The van der Waals surface area contributed by atoms with Gasteiger partial charge in [-0.05, 0) is 24.5 Å². The number of hydrogen-bond donors (Lipinski definition) is 3. The van der Waals surface area contributed by atoms with Crippen molar-refractivity contribution in [1.29, 1.82) is 0 Å². The van der Waals surface area contributed by atoms with E-state index in [0.29, 0.717) is 24.2 Å². The summed E-state index contributed by atoms with van der Waals surface area (Å²) in [5.41, 5.74) is 13.1. The second-order valence-electron chi connectivity index (χ2n) is 3.31. The molecule has 0 aliphatic rings. The predicted octanol–water partition coefficient (Wildman–Crippen LogP) is 0.671. The molecule has 0 aliphatic carbocycles. The van der Waals surface area contributed by atoms with E-state index in [0.717, 1.165) is 5.56 Å². The van der Waals surface area contributed by atoms with Gasteiger partial charge >= 0.3 is 0 Å². The summed E-state index contributed by atoms with van der Waals surface area (Å²) in [6.07, 6.45) is 0.809. The molecule has 0 atom stereocenters. The van der Waals surface area contributed by atoms with Gasteiger partial charge in [0.2, 0.25) is 0 Å². The third kappa shape index (κ3) is 3.77. The van der Waals surface area contributed by atoms with Crippen molar-refractivity contribution in [1.82, 2.24) is 0 Å². The molecule has 5 N–H and O–H groups in total. The van der Waals surface area contributed by atoms with Gasteiger partial charge in [0.25, 0.3) is 10.1 Å². The summed E-state index contributed by atoms with van der Waals surface area (Å²) in [6.45, 7) is 0. The van der Waals surface area contributed by atoms with Gasteiger partial charge in [-0.2, -0.15) is 8.42 Å². The van der Waals surface area contributed by atoms with E-state index in [1.807, 2.05) is 0 Å². The van der Waals surface area contributed by atoms with Crippen LogP contribution in [0.25, 0.3) is 0 Å². The molecule has 0 aromatic heterocycles. The average molecular weight is 230 g/mol. The summed E-state index contributed by atoms with van der Waals surface area (Å²) in [7, 11) is -3.89. The molecular formula is C9H14N2O3S. The molecule has 0 saturated carbocycles. The number of aryl methyl sites for hydroxylation is 1. The highest BCUT2D eigenvalue weighted by Crippen LogP contribution is 2.20. The molecule has 6 heteroatoms. The van der Waals surface area contributed by atoms with Crippen LogP contribution in [-0.2, 0) is 16.5 Å². The van der Waals surface area contributed by atoms with E-state index >= 15 is 0 Å². The van der Waals surface area contributed by atoms with Crippen LogP contribution in [0.3, 0.4) is 0 Å². The van der Waals surface area contributed by atoms with Gasteiger partial charge in [0.15, 0.2) is 0 Å². The maximum Gasteiger partial charge on any atom is 0.264 e. The molecule has 0 aliphatic heterocycles. The Morgan fingerprint density at radius 3 is 2.53 bits per heavy atom. The number of rotatable bonds is 4. The maximum absolute atomic E-state index is 10.5. The van der Waals surface area contributed by atoms with Gasteiger partial charge in [-0.15, -0.1) is 0 Å². The minimum absolute atomic E-state index is 0.263. The zero-order valence-corrected chi connectivity index (χ0v) is 9.00. The van der Waals surface area contributed by atoms with E-state index in [-0.39, 0.29) is 5.75 Å². The molecule has 0 saturated heterocycles. The summed E-state index contributed by atoms with van der Waals surface area (Å²) in [4.78, 5) is 0. The van der Waals surface area contributed by atoms with Crippen LogP contribution < -0.4 is 11.5 Å². The van der Waals surface area contributed by atoms with Crippen molar-refractivity contribution in [3.05, 3.63) is 23.8 Å². The van der Waals surface area contributed by atoms with Crippen LogP contribution in [0, 0.1) is 0 Å². The van der Waals surface area contributed by atoms with Gasteiger partial charge in [-0.25, -0.2) is 0 Å². The standard InChI is InChI=1S/C9H14N2O3S/c10-8-5-1-3-7(9(8)11)4-2-6-15(12,13)14/h1,3,5H,2,4,6,10-11H2,(H,12,13,14). The molecule has 84 valence electrons. The number of para-hydroxylation sites is 1. The normalized spacial score (nSPS) is 11.5. The lowest BCUT2D eigenvalue weighted by molar-refractivity contribution is 0.481. The van der Waals surface area contributed by atoms with Gasteiger partial charge < -0.3 is 11.5 Å². The minimum atomic E-state index is -3.89. The zero-order chi connectivity index (χ0) is 11.5. The Morgan fingerprint density at radius 1 is 1.27 bits per heavy atom. The highest BCUT2D eigenvalue weighted by molar-refractivity contribution is 7.85. The first-order valence-electron chi connectivity index (χ1n) is 4.48. The van der Waals surface area contributed by atoms with Crippen molar-refractivity contribution in [2.75, 3.05) is 17.2 Å². The number of nitrogen functional groups attached to an aromatic ring is 2. The number of anilines is 2. The van der Waals surface area contributed by atoms with E-state index in [9.17, 15) is 8.42 Å². The molecule has 0 radical (unpaired) electrons. The minimum Gasteiger partial charge on any atom is -0.397 e. The largest absolute Gasteiger partial charge is 0.397 e. The highest BCUT2D eigenvalue weighted by Gasteiger charge is 2.06. The fourth-order valence-corrected chi connectivity index (χ4v) is 1.81. The van der Waals surface area contributed by atoms with Crippen molar-refractivity contribution in [3.8, 4) is 0 Å². The highest BCUT2D eigenvalue weighted by atomic mass is 32.2. The van der Waals surface area contributed by atoms with Crippen molar-refractivity contribution < 1.29 is 13.0 Å². The van der Waals surface area contributed by atoms with E-state index in [1.54, 1.807) is 18.2 Å². The quantitative estimate of drug-likeness (QED) is 0.520. The van der Waals surface area contributed by atoms with Gasteiger partial charge in [0.1, 0.15) is 0 Å². The lowest BCUT2D eigenvalue weighted by atomic mass is 10.1. The van der Waals surface area contributed by atoms with Crippen LogP contribution in [0.15, 0.2) is 18.2 Å². The van der Waals surface area contributed by atoms with E-state index < -0.39 is 10.1 Å². The van der Waals surface area contributed by atoms with Crippen molar-refractivity contribution in [3.63, 3.8) is 0 Å². The summed E-state index contributed by atoms with van der Waals surface area (Å²) in [5.74, 6) is -0.263. The molecule has 5 nitrogen and oxygen atoms in total. The van der Waals surface area contributed by atoms with E-state index in [2.05, 4.69) is 0 Å². The third-order valence-corrected chi connectivity index (χ3v) is 2.88. The third-order valence-electron chi connectivity index (χ3n) is 2.08. The molecule has 0 fully saturated rings. The molecule has 0 heterocycles. The first-order valence-corrected chi connectivity index (χ1v) is 6.09. The Labute approximate surface area is 88.8 Å². The average Bonchev–Trinajstić information content (AvgIpc) is 2.10. The first-order chi connectivity index (χ1) is 6.90. The van der Waals surface area contributed by atoms with Crippen LogP contribution in [-0.4, -0.2) is 18.7 Å². The molecule has 1 rings (SSSR count). The lowest BCUT2D eigenvalue weighted by Gasteiger charge is -2.06. The van der Waals surface area contributed by atoms with Crippen LogP contribution in [0.1, 0.15) is 12.0 Å². The smallest absolute Gasteiger partial charge is 0.264 e. The van der Waals surface area contributed by atoms with Gasteiger partial charge in [0, 0.05) is 0 Å². The topological polar surface area (TPSA) is 106 Å².